The summed E-state index contributed by atoms with van der Waals surface area (Å²) in [5.74, 6) is -0.586. The molecule has 21 heavy (non-hydrogen) atoms. The van der Waals surface area contributed by atoms with Crippen LogP contribution in [0.25, 0.3) is 11.1 Å². The number of rotatable bonds is 4. The molecule has 0 spiro atoms. The third-order valence-electron chi connectivity index (χ3n) is 3.10. The molecule has 0 N–H and O–H groups in total. The summed E-state index contributed by atoms with van der Waals surface area (Å²) in [6, 6.07) is 10.8. The highest BCUT2D eigenvalue weighted by Gasteiger charge is 2.22. The van der Waals surface area contributed by atoms with E-state index in [0.29, 0.717) is 16.7 Å². The van der Waals surface area contributed by atoms with Crippen LogP contribution in [0.3, 0.4) is 0 Å². The molecule has 0 aromatic heterocycles. The maximum Gasteiger partial charge on any atom is 0.338 e. The quantitative estimate of drug-likeness (QED) is 0.492. The average molecular weight is 283 g/mol. The minimum atomic E-state index is -0.443. The van der Waals surface area contributed by atoms with Gasteiger partial charge in [-0.1, -0.05) is 30.3 Å². The summed E-state index contributed by atoms with van der Waals surface area (Å²) >= 11 is 0. The Balaban J connectivity index is 2.55. The molecule has 4 nitrogen and oxygen atoms in total. The molecule has 2 aliphatic carbocycles. The Labute approximate surface area is 124 Å². The molecule has 0 saturated carbocycles. The molecule has 2 aliphatic rings. The highest BCUT2D eigenvalue weighted by atomic mass is 16.5. The molecule has 0 fully saturated rings. The molecule has 108 valence electrons. The first-order chi connectivity index (χ1) is 10.0. The summed E-state index contributed by atoms with van der Waals surface area (Å²) in [6.07, 6.45) is 3.17. The summed E-state index contributed by atoms with van der Waals surface area (Å²) in [5, 5.41) is 0. The van der Waals surface area contributed by atoms with Gasteiger partial charge in [-0.05, 0) is 17.2 Å². The van der Waals surface area contributed by atoms with Crippen molar-refractivity contribution in [1.29, 1.82) is 0 Å². The molecule has 0 heterocycles. The van der Waals surface area contributed by atoms with Gasteiger partial charge in [0.1, 0.15) is 0 Å². The summed E-state index contributed by atoms with van der Waals surface area (Å²) in [7, 11) is 5.01. The SMILES string of the molecule is COC(=O)c1cc(C(=O)/C=C/N(C)C)c2cccccc1-2. The Kier molecular flexibility index (Phi) is 4.38. The van der Waals surface area contributed by atoms with E-state index >= 15 is 0 Å². The van der Waals surface area contributed by atoms with Gasteiger partial charge in [0.2, 0.25) is 0 Å². The Morgan fingerprint density at radius 2 is 1.67 bits per heavy atom. The molecular weight excluding hydrogens is 266 g/mol. The van der Waals surface area contributed by atoms with Crippen LogP contribution in [-0.2, 0) is 4.74 Å². The molecular formula is C17H17NO3. The zero-order valence-corrected chi connectivity index (χ0v) is 12.3. The number of carbonyl (C=O) groups excluding carboxylic acids is 2. The van der Waals surface area contributed by atoms with Crippen molar-refractivity contribution in [1.82, 2.24) is 4.90 Å². The van der Waals surface area contributed by atoms with Crippen LogP contribution in [0.5, 0.6) is 0 Å². The highest BCUT2D eigenvalue weighted by Crippen LogP contribution is 2.32. The topological polar surface area (TPSA) is 46.6 Å². The number of ether oxygens (including phenoxy) is 1. The van der Waals surface area contributed by atoms with Gasteiger partial charge in [0, 0.05) is 31.9 Å². The van der Waals surface area contributed by atoms with E-state index in [1.54, 1.807) is 17.2 Å². The van der Waals surface area contributed by atoms with Gasteiger partial charge < -0.3 is 9.64 Å². The van der Waals surface area contributed by atoms with Gasteiger partial charge in [-0.3, -0.25) is 4.79 Å². The number of allylic oxidation sites excluding steroid dienone is 1. The Morgan fingerprint density at radius 1 is 1.05 bits per heavy atom. The first-order valence-electron chi connectivity index (χ1n) is 6.53. The predicted molar refractivity (Wildman–Crippen MR) is 81.6 cm³/mol. The second kappa shape index (κ2) is 6.22. The maximum atomic E-state index is 12.3. The Bertz CT molecular complexity index is 674. The first-order valence-corrected chi connectivity index (χ1v) is 6.53. The molecule has 0 radical (unpaired) electrons. The summed E-state index contributed by atoms with van der Waals surface area (Å²) < 4.78 is 4.79. The van der Waals surface area contributed by atoms with Crippen molar-refractivity contribution < 1.29 is 14.3 Å². The predicted octanol–water partition coefficient (Wildman–Crippen LogP) is 2.84. The van der Waals surface area contributed by atoms with Crippen LogP contribution in [0.1, 0.15) is 20.7 Å². The largest absolute Gasteiger partial charge is 0.465 e. The van der Waals surface area contributed by atoms with Crippen LogP contribution >= 0.6 is 0 Å². The zero-order chi connectivity index (χ0) is 15.4. The van der Waals surface area contributed by atoms with Crippen molar-refractivity contribution in [3.8, 4) is 11.1 Å². The van der Waals surface area contributed by atoms with Crippen LogP contribution in [0, 0.1) is 0 Å². The van der Waals surface area contributed by atoms with Crippen molar-refractivity contribution in [3.63, 3.8) is 0 Å². The Morgan fingerprint density at radius 3 is 2.24 bits per heavy atom. The van der Waals surface area contributed by atoms with Crippen LogP contribution < -0.4 is 0 Å². The molecule has 2 rings (SSSR count). The molecule has 0 aromatic carbocycles. The van der Waals surface area contributed by atoms with Crippen molar-refractivity contribution in [3.05, 3.63) is 59.8 Å². The average Bonchev–Trinajstić information content (AvgIpc) is 2.66. The second-order valence-electron chi connectivity index (χ2n) is 4.84. The number of hydrogen-bond donors (Lipinski definition) is 0. The van der Waals surface area contributed by atoms with Crippen LogP contribution in [0.2, 0.25) is 0 Å². The summed E-state index contributed by atoms with van der Waals surface area (Å²) in [5.41, 5.74) is 2.37. The smallest absolute Gasteiger partial charge is 0.338 e. The standard InChI is InChI=1S/C17H17NO3/c1-18(2)10-9-16(19)14-11-15(17(20)21-3)13-8-6-4-5-7-12(13)14/h4-11H,1-3H3/b10-9+. The monoisotopic (exact) mass is 283 g/mol. The fourth-order valence-corrected chi connectivity index (χ4v) is 2.11. The van der Waals surface area contributed by atoms with Crippen molar-refractivity contribution >= 4 is 11.8 Å². The number of fused-ring (bicyclic) bond motifs is 1. The van der Waals surface area contributed by atoms with Gasteiger partial charge in [0.25, 0.3) is 0 Å². The molecule has 0 unspecified atom stereocenters. The number of hydrogen-bond acceptors (Lipinski definition) is 4. The van der Waals surface area contributed by atoms with Gasteiger partial charge in [0.05, 0.1) is 12.7 Å². The minimum absolute atomic E-state index is 0.143. The van der Waals surface area contributed by atoms with E-state index in [9.17, 15) is 9.59 Å². The normalized spacial score (nSPS) is 10.8. The van der Waals surface area contributed by atoms with E-state index in [-0.39, 0.29) is 5.78 Å². The minimum Gasteiger partial charge on any atom is -0.465 e. The summed E-state index contributed by atoms with van der Waals surface area (Å²) in [6.45, 7) is 0. The van der Waals surface area contributed by atoms with Crippen LogP contribution in [0.15, 0.2) is 48.7 Å². The fourth-order valence-electron chi connectivity index (χ4n) is 2.11. The van der Waals surface area contributed by atoms with Crippen LogP contribution in [0.4, 0.5) is 0 Å². The lowest BCUT2D eigenvalue weighted by molar-refractivity contribution is 0.0602. The molecule has 0 aliphatic heterocycles. The van der Waals surface area contributed by atoms with Gasteiger partial charge in [-0.25, -0.2) is 4.79 Å². The lowest BCUT2D eigenvalue weighted by Crippen LogP contribution is -2.03. The van der Waals surface area contributed by atoms with Gasteiger partial charge in [-0.15, -0.1) is 0 Å². The zero-order valence-electron chi connectivity index (χ0n) is 12.3. The third kappa shape index (κ3) is 3.11. The molecule has 0 atom stereocenters. The molecule has 0 aromatic rings. The van der Waals surface area contributed by atoms with Gasteiger partial charge >= 0.3 is 5.97 Å². The van der Waals surface area contributed by atoms with Gasteiger partial charge in [-0.2, -0.15) is 0 Å². The van der Waals surface area contributed by atoms with Crippen molar-refractivity contribution in [2.45, 2.75) is 0 Å². The van der Waals surface area contributed by atoms with E-state index in [4.69, 9.17) is 4.74 Å². The number of nitrogens with zero attached hydrogens (tertiary/aromatic N) is 1. The molecule has 0 bridgehead atoms. The molecule has 0 amide bonds. The Hall–Kier alpha value is -2.62. The van der Waals surface area contributed by atoms with Crippen LogP contribution in [-0.4, -0.2) is 37.9 Å². The van der Waals surface area contributed by atoms with Gasteiger partial charge in [0.15, 0.2) is 5.78 Å². The molecule has 0 saturated heterocycles. The number of methoxy groups -OCH3 is 1. The van der Waals surface area contributed by atoms with Crippen molar-refractivity contribution in [2.75, 3.05) is 21.2 Å². The first kappa shape index (κ1) is 14.8. The van der Waals surface area contributed by atoms with E-state index in [1.807, 2.05) is 44.4 Å². The second-order valence-corrected chi connectivity index (χ2v) is 4.84. The number of esters is 1. The highest BCUT2D eigenvalue weighted by molar-refractivity contribution is 6.14. The third-order valence-corrected chi connectivity index (χ3v) is 3.10. The maximum absolute atomic E-state index is 12.3. The van der Waals surface area contributed by atoms with E-state index in [0.717, 1.165) is 5.56 Å². The van der Waals surface area contributed by atoms with E-state index < -0.39 is 5.97 Å². The lowest BCUT2D eigenvalue weighted by Gasteiger charge is -2.03. The van der Waals surface area contributed by atoms with Crippen molar-refractivity contribution in [2.24, 2.45) is 0 Å². The van der Waals surface area contributed by atoms with E-state index in [1.165, 1.54) is 13.2 Å². The number of carbonyl (C=O) groups is 2. The summed E-state index contributed by atoms with van der Waals surface area (Å²) in [4.78, 5) is 26.0. The lowest BCUT2D eigenvalue weighted by atomic mass is 10.1. The fraction of sp³-hybridized carbons (Fsp3) is 0.176. The number of ketones is 1. The van der Waals surface area contributed by atoms with E-state index in [2.05, 4.69) is 0 Å². The molecule has 4 heteroatoms.